The number of nitrogens with zero attached hydrogens (tertiary/aromatic N) is 2. The van der Waals surface area contributed by atoms with Crippen molar-refractivity contribution < 1.29 is 0 Å². The van der Waals surface area contributed by atoms with Crippen molar-refractivity contribution in [3.05, 3.63) is 22.2 Å². The van der Waals surface area contributed by atoms with Crippen LogP contribution in [0.25, 0.3) is 0 Å². The normalized spacial score (nSPS) is 15.3. The van der Waals surface area contributed by atoms with Gasteiger partial charge in [0, 0.05) is 23.3 Å². The molecule has 0 fully saturated rings. The molecule has 10 heavy (non-hydrogen) atoms. The van der Waals surface area contributed by atoms with Crippen molar-refractivity contribution in [2.24, 2.45) is 0 Å². The van der Waals surface area contributed by atoms with Gasteiger partial charge in [0.25, 0.3) is 0 Å². The summed E-state index contributed by atoms with van der Waals surface area (Å²) < 4.78 is 0.703. The van der Waals surface area contributed by atoms with Crippen molar-refractivity contribution in [2.45, 2.75) is 11.5 Å². The van der Waals surface area contributed by atoms with Crippen molar-refractivity contribution in [1.29, 1.82) is 0 Å². The van der Waals surface area contributed by atoms with Gasteiger partial charge < -0.3 is 0 Å². The Morgan fingerprint density at radius 3 is 3.30 bits per heavy atom. The summed E-state index contributed by atoms with van der Waals surface area (Å²) in [5.41, 5.74) is 2.47. The average Bonchev–Trinajstić information content (AvgIpc) is 2.33. The minimum Gasteiger partial charge on any atom is -0.230 e. The molecule has 2 rings (SSSR count). The van der Waals surface area contributed by atoms with Crippen molar-refractivity contribution in [3.8, 4) is 0 Å². The molecule has 1 aliphatic rings. The molecule has 4 heteroatoms. The van der Waals surface area contributed by atoms with Gasteiger partial charge in [-0.15, -0.1) is 0 Å². The Balaban J connectivity index is 2.52. The van der Waals surface area contributed by atoms with Gasteiger partial charge in [0.05, 0.1) is 5.69 Å². The summed E-state index contributed by atoms with van der Waals surface area (Å²) in [5, 5.41) is 0. The van der Waals surface area contributed by atoms with Gasteiger partial charge in [0.15, 0.2) is 4.73 Å². The van der Waals surface area contributed by atoms with Crippen LogP contribution >= 0.6 is 27.7 Å². The maximum atomic E-state index is 4.24. The quantitative estimate of drug-likeness (QED) is 0.621. The van der Waals surface area contributed by atoms with Gasteiger partial charge in [-0.1, -0.05) is 0 Å². The predicted octanol–water partition coefficient (Wildman–Crippen LogP) is 1.99. The molecule has 1 aliphatic heterocycles. The van der Waals surface area contributed by atoms with E-state index in [1.54, 1.807) is 0 Å². The van der Waals surface area contributed by atoms with E-state index in [0.29, 0.717) is 4.73 Å². The highest BCUT2D eigenvalue weighted by Gasteiger charge is 2.12. The lowest BCUT2D eigenvalue weighted by Gasteiger charge is -1.94. The first-order valence-electron chi connectivity index (χ1n) is 2.94. The zero-order valence-corrected chi connectivity index (χ0v) is 7.57. The summed E-state index contributed by atoms with van der Waals surface area (Å²) in [6.07, 6.45) is 1.90. The van der Waals surface area contributed by atoms with E-state index in [1.807, 2.05) is 18.0 Å². The zero-order valence-electron chi connectivity index (χ0n) is 5.17. The molecule has 0 spiro atoms. The third-order valence-electron chi connectivity index (χ3n) is 1.42. The van der Waals surface area contributed by atoms with Gasteiger partial charge in [-0.2, -0.15) is 11.8 Å². The number of fused-ring (bicyclic) bond motifs is 1. The molecular weight excluding hydrogens is 212 g/mol. The topological polar surface area (TPSA) is 25.8 Å². The van der Waals surface area contributed by atoms with E-state index in [4.69, 9.17) is 0 Å². The van der Waals surface area contributed by atoms with Crippen LogP contribution in [-0.4, -0.2) is 9.97 Å². The zero-order chi connectivity index (χ0) is 6.97. The highest BCUT2D eigenvalue weighted by molar-refractivity contribution is 9.10. The Labute approximate surface area is 71.6 Å². The van der Waals surface area contributed by atoms with Gasteiger partial charge in [-0.3, -0.25) is 0 Å². The fraction of sp³-hybridized carbons (Fsp3) is 0.333. The van der Waals surface area contributed by atoms with Crippen molar-refractivity contribution in [1.82, 2.24) is 9.97 Å². The first kappa shape index (κ1) is 6.61. The number of aromatic nitrogens is 2. The molecule has 0 saturated heterocycles. The van der Waals surface area contributed by atoms with Crippen LogP contribution in [0.1, 0.15) is 11.3 Å². The minimum absolute atomic E-state index is 0.703. The van der Waals surface area contributed by atoms with Gasteiger partial charge >= 0.3 is 0 Å². The second-order valence-corrected chi connectivity index (χ2v) is 3.80. The first-order chi connectivity index (χ1) is 4.86. The first-order valence-corrected chi connectivity index (χ1v) is 4.89. The summed E-state index contributed by atoms with van der Waals surface area (Å²) in [6.45, 7) is 0. The molecule has 0 aliphatic carbocycles. The molecule has 0 atom stereocenters. The minimum atomic E-state index is 0.703. The van der Waals surface area contributed by atoms with Crippen LogP contribution in [0.4, 0.5) is 0 Å². The van der Waals surface area contributed by atoms with E-state index in [2.05, 4.69) is 25.9 Å². The highest BCUT2D eigenvalue weighted by atomic mass is 79.9. The molecule has 0 saturated carbocycles. The number of rotatable bonds is 0. The summed E-state index contributed by atoms with van der Waals surface area (Å²) >= 11 is 5.12. The van der Waals surface area contributed by atoms with Gasteiger partial charge in [0.2, 0.25) is 0 Å². The van der Waals surface area contributed by atoms with Crippen LogP contribution in [0.3, 0.4) is 0 Å². The molecule has 0 bridgehead atoms. The average molecular weight is 217 g/mol. The number of thioether (sulfide) groups is 1. The van der Waals surface area contributed by atoms with Crippen LogP contribution in [0.5, 0.6) is 0 Å². The molecule has 0 unspecified atom stereocenters. The second kappa shape index (κ2) is 2.51. The van der Waals surface area contributed by atoms with Gasteiger partial charge in [0.1, 0.15) is 0 Å². The lowest BCUT2D eigenvalue weighted by Crippen LogP contribution is -1.90. The molecule has 0 N–H and O–H groups in total. The Bertz CT molecular complexity index is 264. The highest BCUT2D eigenvalue weighted by Crippen LogP contribution is 2.27. The lowest BCUT2D eigenvalue weighted by atomic mass is 10.3. The monoisotopic (exact) mass is 216 g/mol. The molecule has 0 aromatic carbocycles. The van der Waals surface area contributed by atoms with E-state index >= 15 is 0 Å². The van der Waals surface area contributed by atoms with Crippen LogP contribution < -0.4 is 0 Å². The number of halogens is 1. The number of hydrogen-bond acceptors (Lipinski definition) is 3. The third-order valence-corrected chi connectivity index (χ3v) is 2.80. The maximum absolute atomic E-state index is 4.24. The van der Waals surface area contributed by atoms with Crippen molar-refractivity contribution in [3.63, 3.8) is 0 Å². The lowest BCUT2D eigenvalue weighted by molar-refractivity contribution is 1.02. The summed E-state index contributed by atoms with van der Waals surface area (Å²) in [7, 11) is 0. The van der Waals surface area contributed by atoms with Crippen LogP contribution in [0.2, 0.25) is 0 Å². The molecule has 1 aromatic heterocycles. The predicted molar refractivity (Wildman–Crippen MR) is 44.7 cm³/mol. The van der Waals surface area contributed by atoms with Crippen LogP contribution in [-0.2, 0) is 11.5 Å². The van der Waals surface area contributed by atoms with E-state index in [-0.39, 0.29) is 0 Å². The molecule has 52 valence electrons. The third kappa shape index (κ3) is 1.06. The second-order valence-electron chi connectivity index (χ2n) is 2.10. The standard InChI is InChI=1S/C6H5BrN2S/c7-6-8-1-4-2-10-3-5(4)9-6/h1H,2-3H2. The van der Waals surface area contributed by atoms with Crippen molar-refractivity contribution >= 4 is 27.7 Å². The molecule has 0 radical (unpaired) electrons. The van der Waals surface area contributed by atoms with Crippen LogP contribution in [0, 0.1) is 0 Å². The fourth-order valence-corrected chi connectivity index (χ4v) is 2.24. The number of hydrogen-bond donors (Lipinski definition) is 0. The van der Waals surface area contributed by atoms with E-state index in [1.165, 1.54) is 11.3 Å². The molecular formula is C6H5BrN2S. The Morgan fingerprint density at radius 2 is 2.40 bits per heavy atom. The SMILES string of the molecule is Brc1ncc2c(n1)CSC2. The summed E-state index contributed by atoms with van der Waals surface area (Å²) in [5.74, 6) is 2.11. The maximum Gasteiger partial charge on any atom is 0.196 e. The molecule has 2 nitrogen and oxygen atoms in total. The van der Waals surface area contributed by atoms with Gasteiger partial charge in [-0.05, 0) is 15.9 Å². The van der Waals surface area contributed by atoms with Crippen LogP contribution in [0.15, 0.2) is 10.9 Å². The van der Waals surface area contributed by atoms with Gasteiger partial charge in [-0.25, -0.2) is 9.97 Å². The Kier molecular flexibility index (Phi) is 1.66. The van der Waals surface area contributed by atoms with E-state index < -0.39 is 0 Å². The molecule has 1 aromatic rings. The largest absolute Gasteiger partial charge is 0.230 e. The van der Waals surface area contributed by atoms with E-state index in [0.717, 1.165) is 11.5 Å². The Hall–Kier alpha value is -0.0900. The molecule has 0 amide bonds. The smallest absolute Gasteiger partial charge is 0.196 e. The van der Waals surface area contributed by atoms with Crippen molar-refractivity contribution in [2.75, 3.05) is 0 Å². The molecule has 2 heterocycles. The fourth-order valence-electron chi connectivity index (χ4n) is 0.921. The summed E-state index contributed by atoms with van der Waals surface area (Å²) in [6, 6.07) is 0. The Morgan fingerprint density at radius 1 is 1.50 bits per heavy atom. The summed E-state index contributed by atoms with van der Waals surface area (Å²) in [4.78, 5) is 8.28. The van der Waals surface area contributed by atoms with E-state index in [9.17, 15) is 0 Å².